The molecule has 2 rings (SSSR count). The number of benzene rings is 1. The second-order valence-electron chi connectivity index (χ2n) is 4.71. The van der Waals surface area contributed by atoms with Gasteiger partial charge < -0.3 is 20.5 Å². The molecular weight excluding hydrogens is 244 g/mol. The lowest BCUT2D eigenvalue weighted by atomic mass is 10.1. The third-order valence-electron chi connectivity index (χ3n) is 3.60. The van der Waals surface area contributed by atoms with Gasteiger partial charge in [-0.15, -0.1) is 0 Å². The predicted octanol–water partition coefficient (Wildman–Crippen LogP) is 1.57. The Kier molecular flexibility index (Phi) is 4.27. The summed E-state index contributed by atoms with van der Waals surface area (Å²) in [5, 5.41) is 2.99. The van der Waals surface area contributed by atoms with Crippen molar-refractivity contribution >= 4 is 11.6 Å². The molecule has 1 fully saturated rings. The van der Waals surface area contributed by atoms with Crippen LogP contribution in [0.25, 0.3) is 0 Å². The van der Waals surface area contributed by atoms with Gasteiger partial charge in [0.25, 0.3) is 5.91 Å². The van der Waals surface area contributed by atoms with Gasteiger partial charge in [-0.05, 0) is 31.4 Å². The van der Waals surface area contributed by atoms with E-state index in [4.69, 9.17) is 15.2 Å². The van der Waals surface area contributed by atoms with E-state index in [9.17, 15) is 4.79 Å². The number of rotatable bonds is 4. The SMILES string of the molecule is COc1cccc(C(=O)NC2CCCC2OC)c1N. The smallest absolute Gasteiger partial charge is 0.253 e. The van der Waals surface area contributed by atoms with Crippen molar-refractivity contribution in [1.29, 1.82) is 0 Å². The van der Waals surface area contributed by atoms with E-state index in [2.05, 4.69) is 5.32 Å². The van der Waals surface area contributed by atoms with Crippen molar-refractivity contribution in [2.24, 2.45) is 0 Å². The number of nitrogens with two attached hydrogens (primary N) is 1. The number of carbonyl (C=O) groups excluding carboxylic acids is 1. The van der Waals surface area contributed by atoms with Gasteiger partial charge in [0, 0.05) is 7.11 Å². The third-order valence-corrected chi connectivity index (χ3v) is 3.60. The fourth-order valence-electron chi connectivity index (χ4n) is 2.54. The van der Waals surface area contributed by atoms with Crippen LogP contribution in [0.2, 0.25) is 0 Å². The van der Waals surface area contributed by atoms with Crippen molar-refractivity contribution in [2.45, 2.75) is 31.4 Å². The van der Waals surface area contributed by atoms with Crippen LogP contribution in [0.15, 0.2) is 18.2 Å². The minimum absolute atomic E-state index is 0.0584. The van der Waals surface area contributed by atoms with E-state index in [0.29, 0.717) is 17.0 Å². The van der Waals surface area contributed by atoms with Gasteiger partial charge in [0.15, 0.2) is 0 Å². The van der Waals surface area contributed by atoms with Crippen LogP contribution < -0.4 is 15.8 Å². The second kappa shape index (κ2) is 5.93. The van der Waals surface area contributed by atoms with Gasteiger partial charge in [0.2, 0.25) is 0 Å². The average Bonchev–Trinajstić information content (AvgIpc) is 2.86. The third kappa shape index (κ3) is 2.81. The first kappa shape index (κ1) is 13.7. The predicted molar refractivity (Wildman–Crippen MR) is 73.3 cm³/mol. The Labute approximate surface area is 113 Å². The van der Waals surface area contributed by atoms with Crippen LogP contribution in [0.1, 0.15) is 29.6 Å². The Hall–Kier alpha value is -1.75. The zero-order chi connectivity index (χ0) is 13.8. The number of carbonyl (C=O) groups is 1. The molecule has 0 radical (unpaired) electrons. The lowest BCUT2D eigenvalue weighted by Crippen LogP contribution is -2.40. The van der Waals surface area contributed by atoms with Crippen molar-refractivity contribution < 1.29 is 14.3 Å². The van der Waals surface area contributed by atoms with Crippen LogP contribution in [0, 0.1) is 0 Å². The Morgan fingerprint density at radius 3 is 2.84 bits per heavy atom. The van der Waals surface area contributed by atoms with E-state index in [1.54, 1.807) is 25.3 Å². The summed E-state index contributed by atoms with van der Waals surface area (Å²) in [5.41, 5.74) is 6.73. The number of anilines is 1. The molecule has 3 N–H and O–H groups in total. The molecule has 104 valence electrons. The molecule has 0 bridgehead atoms. The van der Waals surface area contributed by atoms with E-state index >= 15 is 0 Å². The number of ether oxygens (including phenoxy) is 2. The number of hydrogen-bond donors (Lipinski definition) is 2. The molecule has 2 unspecified atom stereocenters. The van der Waals surface area contributed by atoms with E-state index in [1.165, 1.54) is 7.11 Å². The Bertz CT molecular complexity index is 462. The molecule has 0 heterocycles. The highest BCUT2D eigenvalue weighted by Gasteiger charge is 2.29. The summed E-state index contributed by atoms with van der Waals surface area (Å²) in [5.74, 6) is 0.340. The summed E-state index contributed by atoms with van der Waals surface area (Å²) in [6.45, 7) is 0. The standard InChI is InChI=1S/C14H20N2O3/c1-18-11-7-4-6-10(11)16-14(17)9-5-3-8-12(19-2)13(9)15/h3,5,8,10-11H,4,6-7,15H2,1-2H3,(H,16,17). The molecule has 0 saturated heterocycles. The van der Waals surface area contributed by atoms with Gasteiger partial charge >= 0.3 is 0 Å². The van der Waals surface area contributed by atoms with E-state index in [0.717, 1.165) is 19.3 Å². The van der Waals surface area contributed by atoms with Gasteiger partial charge in [0.05, 0.1) is 30.5 Å². The topological polar surface area (TPSA) is 73.6 Å². The molecule has 19 heavy (non-hydrogen) atoms. The maximum atomic E-state index is 12.2. The number of para-hydroxylation sites is 1. The second-order valence-corrected chi connectivity index (χ2v) is 4.71. The molecule has 1 aliphatic rings. The minimum Gasteiger partial charge on any atom is -0.495 e. The highest BCUT2D eigenvalue weighted by molar-refractivity contribution is 6.00. The van der Waals surface area contributed by atoms with Gasteiger partial charge in [-0.1, -0.05) is 6.07 Å². The largest absolute Gasteiger partial charge is 0.495 e. The van der Waals surface area contributed by atoms with E-state index in [-0.39, 0.29) is 18.1 Å². The van der Waals surface area contributed by atoms with Crippen molar-refractivity contribution in [2.75, 3.05) is 20.0 Å². The van der Waals surface area contributed by atoms with Crippen molar-refractivity contribution in [3.05, 3.63) is 23.8 Å². The average molecular weight is 264 g/mol. The highest BCUT2D eigenvalue weighted by atomic mass is 16.5. The molecule has 5 heteroatoms. The molecule has 1 aliphatic carbocycles. The first-order valence-electron chi connectivity index (χ1n) is 6.43. The fraction of sp³-hybridized carbons (Fsp3) is 0.500. The first-order valence-corrected chi connectivity index (χ1v) is 6.43. The Morgan fingerprint density at radius 2 is 2.16 bits per heavy atom. The molecular formula is C14H20N2O3. The summed E-state index contributed by atoms with van der Waals surface area (Å²) in [7, 11) is 3.21. The Morgan fingerprint density at radius 1 is 1.37 bits per heavy atom. The monoisotopic (exact) mass is 264 g/mol. The van der Waals surface area contributed by atoms with E-state index in [1.807, 2.05) is 0 Å². The van der Waals surface area contributed by atoms with Crippen molar-refractivity contribution in [1.82, 2.24) is 5.32 Å². The highest BCUT2D eigenvalue weighted by Crippen LogP contribution is 2.26. The van der Waals surface area contributed by atoms with Gasteiger partial charge in [-0.3, -0.25) is 4.79 Å². The zero-order valence-corrected chi connectivity index (χ0v) is 11.3. The van der Waals surface area contributed by atoms with Crippen LogP contribution in [0.4, 0.5) is 5.69 Å². The van der Waals surface area contributed by atoms with Gasteiger partial charge in [-0.2, -0.15) is 0 Å². The summed E-state index contributed by atoms with van der Waals surface area (Å²) < 4.78 is 10.5. The van der Waals surface area contributed by atoms with Gasteiger partial charge in [-0.25, -0.2) is 0 Å². The number of amides is 1. The molecule has 1 aromatic rings. The fourth-order valence-corrected chi connectivity index (χ4v) is 2.54. The maximum absolute atomic E-state index is 12.2. The molecule has 0 aliphatic heterocycles. The van der Waals surface area contributed by atoms with Crippen LogP contribution in [-0.2, 0) is 4.74 Å². The zero-order valence-electron chi connectivity index (χ0n) is 11.3. The molecule has 5 nitrogen and oxygen atoms in total. The van der Waals surface area contributed by atoms with E-state index < -0.39 is 0 Å². The van der Waals surface area contributed by atoms with Crippen molar-refractivity contribution in [3.63, 3.8) is 0 Å². The lowest BCUT2D eigenvalue weighted by Gasteiger charge is -2.20. The number of methoxy groups -OCH3 is 2. The molecule has 1 saturated carbocycles. The number of nitrogen functional groups attached to an aromatic ring is 1. The van der Waals surface area contributed by atoms with Crippen LogP contribution in [-0.4, -0.2) is 32.3 Å². The minimum atomic E-state index is -0.176. The molecule has 1 amide bonds. The van der Waals surface area contributed by atoms with Crippen molar-refractivity contribution in [3.8, 4) is 5.75 Å². The normalized spacial score (nSPS) is 22.2. The quantitative estimate of drug-likeness (QED) is 0.810. The molecule has 0 spiro atoms. The molecule has 2 atom stereocenters. The molecule has 0 aromatic heterocycles. The summed E-state index contributed by atoms with van der Waals surface area (Å²) >= 11 is 0. The molecule has 1 aromatic carbocycles. The van der Waals surface area contributed by atoms with Crippen LogP contribution in [0.5, 0.6) is 5.75 Å². The summed E-state index contributed by atoms with van der Waals surface area (Å²) in [6.07, 6.45) is 3.08. The number of hydrogen-bond acceptors (Lipinski definition) is 4. The first-order chi connectivity index (χ1) is 9.17. The Balaban J connectivity index is 2.12. The lowest BCUT2D eigenvalue weighted by molar-refractivity contribution is 0.0722. The van der Waals surface area contributed by atoms with Crippen LogP contribution in [0.3, 0.4) is 0 Å². The van der Waals surface area contributed by atoms with Gasteiger partial charge in [0.1, 0.15) is 5.75 Å². The summed E-state index contributed by atoms with van der Waals surface area (Å²) in [6, 6.07) is 5.25. The number of nitrogens with one attached hydrogen (secondary N) is 1. The van der Waals surface area contributed by atoms with Crippen LogP contribution >= 0.6 is 0 Å². The maximum Gasteiger partial charge on any atom is 0.253 e. The summed E-state index contributed by atoms with van der Waals surface area (Å²) in [4.78, 5) is 12.2.